The lowest BCUT2D eigenvalue weighted by molar-refractivity contribution is 0.425. The van der Waals surface area contributed by atoms with E-state index in [1.54, 1.807) is 0 Å². The second-order valence-electron chi connectivity index (χ2n) is 6.79. The molecule has 0 atom stereocenters. The van der Waals surface area contributed by atoms with Gasteiger partial charge in [-0.3, -0.25) is 4.98 Å². The predicted molar refractivity (Wildman–Crippen MR) is 111 cm³/mol. The number of aromatic nitrogens is 1. The summed E-state index contributed by atoms with van der Waals surface area (Å²) in [6.07, 6.45) is 9.43. The SMILES string of the molecule is CN(C)C[C]1[CH][CH][CH][C]1CNCCCNc1ccnc2cc(Cl)ccc12. The molecule has 5 radical (unpaired) electrons. The molecule has 1 fully saturated rings. The highest BCUT2D eigenvalue weighted by atomic mass is 35.5. The van der Waals surface area contributed by atoms with Crippen LogP contribution in [0.5, 0.6) is 0 Å². The van der Waals surface area contributed by atoms with Crippen LogP contribution in [0, 0.1) is 31.1 Å². The molecule has 0 unspecified atom stereocenters. The summed E-state index contributed by atoms with van der Waals surface area (Å²) in [6.45, 7) is 3.81. The number of nitrogens with one attached hydrogen (secondary N) is 2. The topological polar surface area (TPSA) is 40.2 Å². The molecule has 5 heteroatoms. The minimum atomic E-state index is 0.715. The number of anilines is 1. The third-order valence-corrected chi connectivity index (χ3v) is 4.59. The first kappa shape index (κ1) is 19.4. The standard InChI is InChI=1S/C21H26ClN4/c1-26(2)15-17-6-3-5-16(17)14-23-10-4-11-24-20-9-12-25-21-13-18(22)7-8-19(20)21/h3,5-9,12-13,23H,4,10-11,14-15H2,1-2H3,(H,24,25). The van der Waals surface area contributed by atoms with E-state index >= 15 is 0 Å². The van der Waals surface area contributed by atoms with E-state index in [1.165, 1.54) is 11.8 Å². The Balaban J connectivity index is 1.38. The Kier molecular flexibility index (Phi) is 7.12. The molecule has 2 N–H and O–H groups in total. The molecule has 0 aliphatic heterocycles. The lowest BCUT2D eigenvalue weighted by Crippen LogP contribution is -2.29. The third-order valence-electron chi connectivity index (χ3n) is 4.36. The largest absolute Gasteiger partial charge is 0.384 e. The molecule has 4 nitrogen and oxygen atoms in total. The molecule has 1 heterocycles. The molecular weight excluding hydrogens is 344 g/mol. The molecular formula is C21H26ClN4. The monoisotopic (exact) mass is 369 g/mol. The second-order valence-corrected chi connectivity index (χ2v) is 7.23. The van der Waals surface area contributed by atoms with Crippen molar-refractivity contribution in [1.82, 2.24) is 15.2 Å². The second kappa shape index (κ2) is 9.54. The van der Waals surface area contributed by atoms with Gasteiger partial charge in [-0.05, 0) is 70.6 Å². The summed E-state index contributed by atoms with van der Waals surface area (Å²) in [4.78, 5) is 6.58. The van der Waals surface area contributed by atoms with Crippen molar-refractivity contribution in [3.63, 3.8) is 0 Å². The molecule has 1 aromatic carbocycles. The van der Waals surface area contributed by atoms with Crippen molar-refractivity contribution in [3.05, 3.63) is 66.6 Å². The molecule has 1 aliphatic rings. The molecule has 1 aliphatic carbocycles. The van der Waals surface area contributed by atoms with E-state index in [0.717, 1.165) is 49.2 Å². The van der Waals surface area contributed by atoms with Crippen molar-refractivity contribution in [2.45, 2.75) is 6.42 Å². The summed E-state index contributed by atoms with van der Waals surface area (Å²) < 4.78 is 0. The van der Waals surface area contributed by atoms with Crippen LogP contribution in [-0.2, 0) is 0 Å². The van der Waals surface area contributed by atoms with Crippen LogP contribution in [0.3, 0.4) is 0 Å². The summed E-state index contributed by atoms with van der Waals surface area (Å²) in [5.74, 6) is 2.80. The van der Waals surface area contributed by atoms with Gasteiger partial charge < -0.3 is 15.5 Å². The maximum absolute atomic E-state index is 6.04. The van der Waals surface area contributed by atoms with Gasteiger partial charge in [-0.25, -0.2) is 0 Å². The molecule has 1 saturated carbocycles. The Hall–Kier alpha value is -1.36. The molecule has 0 spiro atoms. The number of hydrogen-bond donors (Lipinski definition) is 2. The zero-order valence-electron chi connectivity index (χ0n) is 15.4. The molecule has 26 heavy (non-hydrogen) atoms. The van der Waals surface area contributed by atoms with Crippen molar-refractivity contribution in [2.75, 3.05) is 45.6 Å². The number of hydrogen-bond acceptors (Lipinski definition) is 4. The molecule has 0 saturated heterocycles. The number of nitrogens with zero attached hydrogens (tertiary/aromatic N) is 2. The number of rotatable bonds is 9. The fraction of sp³-hybridized carbons (Fsp3) is 0.333. The Morgan fingerprint density at radius 2 is 1.92 bits per heavy atom. The smallest absolute Gasteiger partial charge is 0.0737 e. The average Bonchev–Trinajstić information content (AvgIpc) is 3.04. The fourth-order valence-corrected chi connectivity index (χ4v) is 3.26. The number of pyridine rings is 1. The number of fused-ring (bicyclic) bond motifs is 1. The first-order valence-corrected chi connectivity index (χ1v) is 9.38. The Morgan fingerprint density at radius 1 is 1.08 bits per heavy atom. The molecule has 137 valence electrons. The van der Waals surface area contributed by atoms with Crippen LogP contribution >= 0.6 is 11.6 Å². The van der Waals surface area contributed by atoms with Crippen molar-refractivity contribution < 1.29 is 0 Å². The number of benzene rings is 1. The van der Waals surface area contributed by atoms with Crippen LogP contribution in [0.25, 0.3) is 10.9 Å². The predicted octanol–water partition coefficient (Wildman–Crippen LogP) is 3.62. The summed E-state index contributed by atoms with van der Waals surface area (Å²) in [6, 6.07) is 7.84. The van der Waals surface area contributed by atoms with Crippen LogP contribution in [0.2, 0.25) is 5.02 Å². The van der Waals surface area contributed by atoms with Gasteiger partial charge in [0.1, 0.15) is 0 Å². The lowest BCUT2D eigenvalue weighted by atomic mass is 9.95. The van der Waals surface area contributed by atoms with Gasteiger partial charge in [-0.15, -0.1) is 0 Å². The van der Waals surface area contributed by atoms with E-state index in [0.29, 0.717) is 5.02 Å². The highest BCUT2D eigenvalue weighted by molar-refractivity contribution is 6.31. The van der Waals surface area contributed by atoms with Crippen molar-refractivity contribution in [2.24, 2.45) is 0 Å². The van der Waals surface area contributed by atoms with Gasteiger partial charge in [0.15, 0.2) is 0 Å². The first-order chi connectivity index (χ1) is 12.6. The molecule has 0 amide bonds. The molecule has 1 aromatic heterocycles. The first-order valence-electron chi connectivity index (χ1n) is 9.00. The van der Waals surface area contributed by atoms with E-state index in [9.17, 15) is 0 Å². The van der Waals surface area contributed by atoms with E-state index < -0.39 is 0 Å². The van der Waals surface area contributed by atoms with Crippen LogP contribution in [0.4, 0.5) is 5.69 Å². The maximum atomic E-state index is 6.04. The van der Waals surface area contributed by atoms with Gasteiger partial charge in [-0.2, -0.15) is 0 Å². The van der Waals surface area contributed by atoms with Crippen molar-refractivity contribution in [3.8, 4) is 0 Å². The van der Waals surface area contributed by atoms with Crippen LogP contribution in [-0.4, -0.2) is 50.2 Å². The minimum absolute atomic E-state index is 0.715. The highest BCUT2D eigenvalue weighted by Crippen LogP contribution is 2.32. The van der Waals surface area contributed by atoms with Crippen LogP contribution in [0.15, 0.2) is 30.5 Å². The zero-order valence-corrected chi connectivity index (χ0v) is 16.2. The number of halogens is 1. The summed E-state index contributed by atoms with van der Waals surface area (Å²) >= 11 is 6.04. The zero-order chi connectivity index (χ0) is 18.4. The van der Waals surface area contributed by atoms with Crippen molar-refractivity contribution in [1.29, 1.82) is 0 Å². The Morgan fingerprint density at radius 3 is 2.77 bits per heavy atom. The van der Waals surface area contributed by atoms with Gasteiger partial charge >= 0.3 is 0 Å². The molecule has 3 rings (SSSR count). The van der Waals surface area contributed by atoms with Gasteiger partial charge in [0.05, 0.1) is 5.52 Å². The van der Waals surface area contributed by atoms with Gasteiger partial charge in [0, 0.05) is 53.8 Å². The highest BCUT2D eigenvalue weighted by Gasteiger charge is 2.28. The van der Waals surface area contributed by atoms with Crippen LogP contribution in [0.1, 0.15) is 6.42 Å². The maximum Gasteiger partial charge on any atom is 0.0737 e. The van der Waals surface area contributed by atoms with Gasteiger partial charge in [0.2, 0.25) is 0 Å². The summed E-state index contributed by atoms with van der Waals surface area (Å²) in [5.41, 5.74) is 2.03. The summed E-state index contributed by atoms with van der Waals surface area (Å²) in [5, 5.41) is 8.87. The third kappa shape index (κ3) is 5.32. The van der Waals surface area contributed by atoms with E-state index in [4.69, 9.17) is 11.6 Å². The van der Waals surface area contributed by atoms with Crippen molar-refractivity contribution >= 4 is 28.2 Å². The Bertz CT molecular complexity index is 703. The van der Waals surface area contributed by atoms with Gasteiger partial charge in [-0.1, -0.05) is 11.6 Å². The quantitative estimate of drug-likeness (QED) is 0.662. The fourth-order valence-electron chi connectivity index (χ4n) is 3.10. The van der Waals surface area contributed by atoms with E-state index in [-0.39, 0.29) is 0 Å². The van der Waals surface area contributed by atoms with Gasteiger partial charge in [0.25, 0.3) is 0 Å². The normalized spacial score (nSPS) is 16.0. The molecule has 0 bridgehead atoms. The van der Waals surface area contributed by atoms with E-state index in [2.05, 4.69) is 53.9 Å². The minimum Gasteiger partial charge on any atom is -0.384 e. The average molecular weight is 370 g/mol. The molecule has 2 aromatic rings. The summed E-state index contributed by atoms with van der Waals surface area (Å²) in [7, 11) is 4.21. The Labute approximate surface area is 162 Å². The lowest BCUT2D eigenvalue weighted by Gasteiger charge is -2.22. The van der Waals surface area contributed by atoms with E-state index in [1.807, 2.05) is 30.5 Å². The van der Waals surface area contributed by atoms with Crippen LogP contribution < -0.4 is 10.6 Å².